The second-order valence-electron chi connectivity index (χ2n) is 5.02. The van der Waals surface area contributed by atoms with Crippen molar-refractivity contribution >= 4 is 21.2 Å². The van der Waals surface area contributed by atoms with E-state index >= 15 is 0 Å². The second-order valence-corrected chi connectivity index (χ2v) is 7.41. The topological polar surface area (TPSA) is 97.3 Å². The summed E-state index contributed by atoms with van der Waals surface area (Å²) in [6, 6.07) is 0. The molecule has 0 aromatic heterocycles. The van der Waals surface area contributed by atoms with Crippen molar-refractivity contribution in [1.29, 1.82) is 0 Å². The Morgan fingerprint density at radius 2 is 1.76 bits per heavy atom. The van der Waals surface area contributed by atoms with Crippen LogP contribution in [0.4, 0.5) is 0 Å². The van der Waals surface area contributed by atoms with Gasteiger partial charge < -0.3 is 13.6 Å². The fraction of sp³-hybridized carbons (Fsp3) is 1.00. The molecule has 17 heavy (non-hydrogen) atoms. The van der Waals surface area contributed by atoms with Crippen LogP contribution in [0.1, 0.15) is 0 Å². The van der Waals surface area contributed by atoms with Gasteiger partial charge >= 0.3 is 17.1 Å². The molecule has 0 aromatic carbocycles. The van der Waals surface area contributed by atoms with Gasteiger partial charge in [-0.1, -0.05) is 11.1 Å². The summed E-state index contributed by atoms with van der Waals surface area (Å²) < 4.78 is 54.0. The van der Waals surface area contributed by atoms with E-state index in [0.717, 1.165) is 0 Å². The zero-order chi connectivity index (χ0) is 12.6. The molecule has 1 aliphatic heterocycles. The zero-order valence-electron chi connectivity index (χ0n) is 9.64. The quantitative estimate of drug-likeness (QED) is 0.278. The van der Waals surface area contributed by atoms with Gasteiger partial charge in [-0.3, -0.25) is 4.21 Å². The molecule has 6 nitrogen and oxygen atoms in total. The summed E-state index contributed by atoms with van der Waals surface area (Å²) in [6.45, 7) is 1.12. The molecule has 1 radical (unpaired) electrons. The third kappa shape index (κ3) is 6.28. The monoisotopic (exact) mass is 326 g/mol. The van der Waals surface area contributed by atoms with Crippen molar-refractivity contribution in [2.24, 2.45) is 11.8 Å². The maximum absolute atomic E-state index is 10.7. The summed E-state index contributed by atoms with van der Waals surface area (Å²) in [7, 11) is -0.486. The average Bonchev–Trinajstić information content (AvgIpc) is 2.20. The third-order valence-electron chi connectivity index (χ3n) is 2.89. The van der Waals surface area contributed by atoms with Gasteiger partial charge in [-0.05, 0) is 0 Å². The van der Waals surface area contributed by atoms with E-state index in [1.807, 2.05) is 14.1 Å². The fourth-order valence-electron chi connectivity index (χ4n) is 2.46. The summed E-state index contributed by atoms with van der Waals surface area (Å²) >= 11 is -2.19. The van der Waals surface area contributed by atoms with Crippen LogP contribution in [0.3, 0.4) is 0 Å². The van der Waals surface area contributed by atoms with Gasteiger partial charge in [-0.25, -0.2) is 8.42 Å². The van der Waals surface area contributed by atoms with E-state index in [0.29, 0.717) is 17.6 Å². The van der Waals surface area contributed by atoms with Crippen molar-refractivity contribution < 1.29 is 43.3 Å². The normalized spacial score (nSPS) is 29.6. The van der Waals surface area contributed by atoms with Crippen LogP contribution in [-0.2, 0) is 38.3 Å². The molecule has 0 saturated carbocycles. The van der Waals surface area contributed by atoms with Crippen molar-refractivity contribution in [3.05, 3.63) is 0 Å². The van der Waals surface area contributed by atoms with Crippen LogP contribution in [0, 0.1) is 11.8 Å². The summed E-state index contributed by atoms with van der Waals surface area (Å²) in [5.41, 5.74) is 0. The molecule has 1 rings (SSSR count). The van der Waals surface area contributed by atoms with Gasteiger partial charge in [0.15, 0.2) is 0 Å². The molecule has 1 fully saturated rings. The number of quaternary nitrogens is 1. The molecule has 1 saturated heterocycles. The van der Waals surface area contributed by atoms with Gasteiger partial charge in [-0.2, -0.15) is 0 Å². The van der Waals surface area contributed by atoms with Crippen LogP contribution in [0.5, 0.6) is 0 Å². The maximum Gasteiger partial charge on any atom is 3.00 e. The van der Waals surface area contributed by atoms with Crippen molar-refractivity contribution in [1.82, 2.24) is 0 Å². The summed E-state index contributed by atoms with van der Waals surface area (Å²) in [4.78, 5) is 0. The standard InChI is InChI=1S/C8H17NO5S2.Fe/c1-9(2)3-7(5-15(10)11)8(4-9)6-16(12,13)14;/h7-8H,3-6H2,1-2H3,(H-,10,11,12,13,14);/q;+3/p-1. The first-order valence-electron chi connectivity index (χ1n) is 4.90. The molecule has 9 heteroatoms. The van der Waals surface area contributed by atoms with E-state index in [4.69, 9.17) is 0 Å². The number of rotatable bonds is 4. The smallest absolute Gasteiger partial charge is 0.772 e. The molecule has 0 amide bonds. The molecular formula is C8H16FeNO5S2+2. The molecular weight excluding hydrogens is 310 g/mol. The van der Waals surface area contributed by atoms with Crippen LogP contribution in [-0.4, -0.2) is 64.9 Å². The fourth-order valence-corrected chi connectivity index (χ4v) is 4.09. The Bertz CT molecular complexity index is 383. The largest absolute Gasteiger partial charge is 3.00 e. The number of nitrogens with zero attached hydrogens (tertiary/aromatic N) is 1. The van der Waals surface area contributed by atoms with Gasteiger partial charge in [0.2, 0.25) is 0 Å². The van der Waals surface area contributed by atoms with Crippen LogP contribution in [0.25, 0.3) is 0 Å². The van der Waals surface area contributed by atoms with E-state index in [9.17, 15) is 21.7 Å². The SMILES string of the molecule is C[N+]1(C)CC(CS(=O)[O-])C(CS(=O)(=O)[O-])C1.[Fe+3]. The first-order chi connectivity index (χ1) is 7.09. The van der Waals surface area contributed by atoms with Crippen LogP contribution < -0.4 is 0 Å². The van der Waals surface area contributed by atoms with Crippen molar-refractivity contribution in [2.75, 3.05) is 38.7 Å². The number of likely N-dealkylation sites (tertiary alicyclic amines) is 1. The van der Waals surface area contributed by atoms with E-state index in [2.05, 4.69) is 0 Å². The van der Waals surface area contributed by atoms with Gasteiger partial charge in [0, 0.05) is 23.3 Å². The van der Waals surface area contributed by atoms with E-state index in [1.54, 1.807) is 0 Å². The van der Waals surface area contributed by atoms with Crippen molar-refractivity contribution in [3.8, 4) is 0 Å². The molecule has 3 atom stereocenters. The summed E-state index contributed by atoms with van der Waals surface area (Å²) in [6.07, 6.45) is 0. The Morgan fingerprint density at radius 3 is 2.18 bits per heavy atom. The molecule has 0 aliphatic carbocycles. The molecule has 0 bridgehead atoms. The molecule has 0 N–H and O–H groups in total. The molecule has 101 valence electrons. The Morgan fingerprint density at radius 1 is 1.29 bits per heavy atom. The second kappa shape index (κ2) is 6.10. The Hall–Kier alpha value is 0.499. The Balaban J connectivity index is 0.00000256. The van der Waals surface area contributed by atoms with Gasteiger partial charge in [0.1, 0.15) is 0 Å². The van der Waals surface area contributed by atoms with Crippen LogP contribution >= 0.6 is 0 Å². The number of hydrogen-bond acceptors (Lipinski definition) is 5. The molecule has 0 aromatic rings. The third-order valence-corrected chi connectivity index (χ3v) is 4.43. The van der Waals surface area contributed by atoms with E-state index in [-0.39, 0.29) is 34.7 Å². The maximum atomic E-state index is 10.7. The van der Waals surface area contributed by atoms with Crippen molar-refractivity contribution in [2.45, 2.75) is 0 Å². The predicted octanol–water partition coefficient (Wildman–Crippen LogP) is -1.27. The van der Waals surface area contributed by atoms with E-state index in [1.165, 1.54) is 0 Å². The minimum atomic E-state index is -4.29. The molecule has 1 aliphatic rings. The predicted molar refractivity (Wildman–Crippen MR) is 57.2 cm³/mol. The first-order valence-corrected chi connectivity index (χ1v) is 7.73. The minimum Gasteiger partial charge on any atom is -0.772 e. The van der Waals surface area contributed by atoms with Crippen LogP contribution in [0.15, 0.2) is 0 Å². The average molecular weight is 326 g/mol. The minimum absolute atomic E-state index is 0. The van der Waals surface area contributed by atoms with Crippen LogP contribution in [0.2, 0.25) is 0 Å². The van der Waals surface area contributed by atoms with Gasteiger partial charge in [0.05, 0.1) is 37.3 Å². The Kier molecular flexibility index (Phi) is 6.28. The Labute approximate surface area is 115 Å². The molecule has 0 spiro atoms. The first kappa shape index (κ1) is 17.5. The number of hydrogen-bond donors (Lipinski definition) is 0. The molecule has 3 unspecified atom stereocenters. The molecule has 1 heterocycles. The van der Waals surface area contributed by atoms with Crippen molar-refractivity contribution in [3.63, 3.8) is 0 Å². The summed E-state index contributed by atoms with van der Waals surface area (Å²) in [5.74, 6) is -1.12. The summed E-state index contributed by atoms with van der Waals surface area (Å²) in [5, 5.41) is 0. The van der Waals surface area contributed by atoms with Gasteiger partial charge in [-0.15, -0.1) is 0 Å². The zero-order valence-corrected chi connectivity index (χ0v) is 12.4. The van der Waals surface area contributed by atoms with Gasteiger partial charge in [0.25, 0.3) is 0 Å². The van der Waals surface area contributed by atoms with E-state index < -0.39 is 27.0 Å².